The van der Waals surface area contributed by atoms with Crippen LogP contribution in [0.2, 0.25) is 0 Å². The molecule has 1 aliphatic rings. The number of carbonyl (C=O) groups excluding carboxylic acids is 1. The number of alkyl halides is 2. The van der Waals surface area contributed by atoms with Crippen molar-refractivity contribution in [3.05, 3.63) is 35.7 Å². The lowest BCUT2D eigenvalue weighted by atomic mass is 10.2. The summed E-state index contributed by atoms with van der Waals surface area (Å²) in [4.78, 5) is 14.3. The van der Waals surface area contributed by atoms with E-state index in [-0.39, 0.29) is 30.6 Å². The lowest BCUT2D eigenvalue weighted by molar-refractivity contribution is -0.117. The molecule has 1 aromatic heterocycles. The molecule has 8 nitrogen and oxygen atoms in total. The Morgan fingerprint density at radius 2 is 1.94 bits per heavy atom. The van der Waals surface area contributed by atoms with Gasteiger partial charge >= 0.3 is 6.61 Å². The van der Waals surface area contributed by atoms with E-state index in [4.69, 9.17) is 4.74 Å². The second-order valence-electron chi connectivity index (χ2n) is 6.63. The maximum atomic E-state index is 12.6. The number of anilines is 1. The molecule has 1 aliphatic heterocycles. The van der Waals surface area contributed by atoms with Crippen molar-refractivity contribution in [3.8, 4) is 11.5 Å². The first-order valence-corrected chi connectivity index (χ1v) is 11.9. The molecule has 2 heterocycles. The van der Waals surface area contributed by atoms with E-state index in [2.05, 4.69) is 10.1 Å². The van der Waals surface area contributed by atoms with Crippen LogP contribution in [0.3, 0.4) is 0 Å². The minimum Gasteiger partial charge on any atom is -0.490 e. The number of piperazine rings is 1. The van der Waals surface area contributed by atoms with Gasteiger partial charge in [-0.25, -0.2) is 8.42 Å². The standard InChI is InChI=1S/C19H23F2N3O5S2/c1-2-28-16-12-14(5-6-15(16)29-19(20)21)22-17(25)13-23-7-9-24(10-8-23)31(26,27)18-4-3-11-30-18/h3-6,11-12,19H,2,7-10,13H2,1H3,(H,22,25). The van der Waals surface area contributed by atoms with E-state index in [1.807, 2.05) is 4.90 Å². The molecule has 1 fully saturated rings. The summed E-state index contributed by atoms with van der Waals surface area (Å²) in [5.41, 5.74) is 0.383. The van der Waals surface area contributed by atoms with Gasteiger partial charge in [0.2, 0.25) is 5.91 Å². The van der Waals surface area contributed by atoms with Crippen LogP contribution in [-0.4, -0.2) is 69.5 Å². The first kappa shape index (κ1) is 23.4. The summed E-state index contributed by atoms with van der Waals surface area (Å²) in [5, 5.41) is 4.42. The second kappa shape index (κ2) is 10.4. The fraction of sp³-hybridized carbons (Fsp3) is 0.421. The molecule has 0 radical (unpaired) electrons. The summed E-state index contributed by atoms with van der Waals surface area (Å²) in [6, 6.07) is 7.45. The summed E-state index contributed by atoms with van der Waals surface area (Å²) in [7, 11) is -3.50. The van der Waals surface area contributed by atoms with Crippen molar-refractivity contribution in [2.45, 2.75) is 17.7 Å². The molecule has 0 unspecified atom stereocenters. The molecule has 31 heavy (non-hydrogen) atoms. The van der Waals surface area contributed by atoms with E-state index < -0.39 is 16.6 Å². The van der Waals surface area contributed by atoms with E-state index >= 15 is 0 Å². The number of thiophene rings is 1. The third-order valence-corrected chi connectivity index (χ3v) is 7.80. The second-order valence-corrected chi connectivity index (χ2v) is 9.75. The Bertz CT molecular complexity index is 978. The van der Waals surface area contributed by atoms with Crippen molar-refractivity contribution in [3.63, 3.8) is 0 Å². The Morgan fingerprint density at radius 3 is 2.55 bits per heavy atom. The molecule has 1 aromatic carbocycles. The summed E-state index contributed by atoms with van der Waals surface area (Å²) in [6.07, 6.45) is 0. The third-order valence-electron chi connectivity index (χ3n) is 4.53. The smallest absolute Gasteiger partial charge is 0.387 e. The molecule has 3 rings (SSSR count). The highest BCUT2D eigenvalue weighted by Crippen LogP contribution is 2.31. The first-order chi connectivity index (χ1) is 14.8. The van der Waals surface area contributed by atoms with Crippen LogP contribution in [0.4, 0.5) is 14.5 Å². The summed E-state index contributed by atoms with van der Waals surface area (Å²) < 4.78 is 61.6. The van der Waals surface area contributed by atoms with Gasteiger partial charge in [-0.1, -0.05) is 6.07 Å². The van der Waals surface area contributed by atoms with E-state index in [1.54, 1.807) is 24.4 Å². The van der Waals surface area contributed by atoms with E-state index in [9.17, 15) is 22.0 Å². The van der Waals surface area contributed by atoms with Gasteiger partial charge in [0, 0.05) is 37.9 Å². The quantitative estimate of drug-likeness (QED) is 0.600. The molecular weight excluding hydrogens is 452 g/mol. The van der Waals surface area contributed by atoms with Crippen molar-refractivity contribution in [1.29, 1.82) is 0 Å². The Hall–Kier alpha value is -2.28. The van der Waals surface area contributed by atoms with Crippen LogP contribution < -0.4 is 14.8 Å². The molecule has 0 aliphatic carbocycles. The highest BCUT2D eigenvalue weighted by Gasteiger charge is 2.29. The summed E-state index contributed by atoms with van der Waals surface area (Å²) in [5.74, 6) is -0.314. The van der Waals surface area contributed by atoms with Gasteiger partial charge in [-0.15, -0.1) is 11.3 Å². The first-order valence-electron chi connectivity index (χ1n) is 9.57. The van der Waals surface area contributed by atoms with Gasteiger partial charge in [0.1, 0.15) is 4.21 Å². The van der Waals surface area contributed by atoms with Crippen LogP contribution in [0.25, 0.3) is 0 Å². The van der Waals surface area contributed by atoms with Crippen LogP contribution in [0.1, 0.15) is 6.92 Å². The zero-order chi connectivity index (χ0) is 22.4. The number of ether oxygens (including phenoxy) is 2. The van der Waals surface area contributed by atoms with Gasteiger partial charge in [-0.05, 0) is 30.5 Å². The zero-order valence-electron chi connectivity index (χ0n) is 16.8. The van der Waals surface area contributed by atoms with Crippen LogP contribution >= 0.6 is 11.3 Å². The Balaban J connectivity index is 1.54. The van der Waals surface area contributed by atoms with Crippen molar-refractivity contribution in [2.75, 3.05) is 44.6 Å². The molecule has 1 N–H and O–H groups in total. The number of benzene rings is 1. The number of hydrogen-bond donors (Lipinski definition) is 1. The molecule has 0 bridgehead atoms. The lowest BCUT2D eigenvalue weighted by Gasteiger charge is -2.33. The van der Waals surface area contributed by atoms with Crippen molar-refractivity contribution in [1.82, 2.24) is 9.21 Å². The number of halogens is 2. The largest absolute Gasteiger partial charge is 0.490 e. The average Bonchev–Trinajstić information content (AvgIpc) is 3.26. The molecule has 12 heteroatoms. The predicted molar refractivity (Wildman–Crippen MR) is 112 cm³/mol. The van der Waals surface area contributed by atoms with Crippen molar-refractivity contribution in [2.24, 2.45) is 0 Å². The molecule has 0 spiro atoms. The highest BCUT2D eigenvalue weighted by atomic mass is 32.2. The Kier molecular flexibility index (Phi) is 7.81. The van der Waals surface area contributed by atoms with E-state index in [1.165, 1.54) is 33.8 Å². The van der Waals surface area contributed by atoms with Crippen molar-refractivity contribution < 1.29 is 31.5 Å². The SMILES string of the molecule is CCOc1cc(NC(=O)CN2CCN(S(=O)(=O)c3cccs3)CC2)ccc1OC(F)F. The van der Waals surface area contributed by atoms with Crippen LogP contribution in [0.5, 0.6) is 11.5 Å². The van der Waals surface area contributed by atoms with Crippen LogP contribution in [0.15, 0.2) is 39.9 Å². The number of hydrogen-bond acceptors (Lipinski definition) is 7. The molecule has 170 valence electrons. The number of nitrogens with one attached hydrogen (secondary N) is 1. The maximum absolute atomic E-state index is 12.6. The fourth-order valence-corrected chi connectivity index (χ4v) is 5.68. The minimum atomic E-state index is -3.50. The van der Waals surface area contributed by atoms with Gasteiger partial charge in [0.15, 0.2) is 11.5 Å². The number of rotatable bonds is 9. The van der Waals surface area contributed by atoms with Crippen LogP contribution in [-0.2, 0) is 14.8 Å². The molecule has 2 aromatic rings. The summed E-state index contributed by atoms with van der Waals surface area (Å²) >= 11 is 1.18. The average molecular weight is 476 g/mol. The number of amides is 1. The van der Waals surface area contributed by atoms with Gasteiger partial charge in [0.05, 0.1) is 13.2 Å². The topological polar surface area (TPSA) is 88.2 Å². The predicted octanol–water partition coefficient (Wildman–Crippen LogP) is 2.69. The molecule has 0 atom stereocenters. The molecule has 1 amide bonds. The van der Waals surface area contributed by atoms with Crippen molar-refractivity contribution >= 4 is 33.0 Å². The van der Waals surface area contributed by atoms with Crippen LogP contribution in [0, 0.1) is 0 Å². The monoisotopic (exact) mass is 475 g/mol. The Morgan fingerprint density at radius 1 is 1.19 bits per heavy atom. The normalized spacial score (nSPS) is 15.7. The van der Waals surface area contributed by atoms with Gasteiger partial charge < -0.3 is 14.8 Å². The molecule has 1 saturated heterocycles. The number of sulfonamides is 1. The Labute approximate surface area is 183 Å². The molecular formula is C19H23F2N3O5S2. The number of carbonyl (C=O) groups is 1. The molecule has 0 saturated carbocycles. The fourth-order valence-electron chi connectivity index (χ4n) is 3.12. The highest BCUT2D eigenvalue weighted by molar-refractivity contribution is 7.91. The third kappa shape index (κ3) is 6.12. The lowest BCUT2D eigenvalue weighted by Crippen LogP contribution is -2.50. The van der Waals surface area contributed by atoms with E-state index in [0.717, 1.165) is 0 Å². The van der Waals surface area contributed by atoms with E-state index in [0.29, 0.717) is 36.1 Å². The minimum absolute atomic E-state index is 0.0755. The van der Waals surface area contributed by atoms with Gasteiger partial charge in [0.25, 0.3) is 10.0 Å². The zero-order valence-corrected chi connectivity index (χ0v) is 18.4. The maximum Gasteiger partial charge on any atom is 0.387 e. The van der Waals surface area contributed by atoms with Gasteiger partial charge in [-0.2, -0.15) is 13.1 Å². The summed E-state index contributed by atoms with van der Waals surface area (Å²) in [6.45, 7) is 0.468. The van der Waals surface area contributed by atoms with Gasteiger partial charge in [-0.3, -0.25) is 9.69 Å². The number of nitrogens with zero attached hydrogens (tertiary/aromatic N) is 2.